The van der Waals surface area contributed by atoms with Crippen LogP contribution in [0, 0.1) is 5.82 Å². The van der Waals surface area contributed by atoms with Gasteiger partial charge in [-0.25, -0.2) is 4.39 Å². The molecule has 5 nitrogen and oxygen atoms in total. The van der Waals surface area contributed by atoms with Gasteiger partial charge in [0, 0.05) is 35.3 Å². The van der Waals surface area contributed by atoms with Gasteiger partial charge in [0.05, 0.1) is 11.6 Å². The first kappa shape index (κ1) is 24.7. The smallest absolute Gasteiger partial charge is 0.245 e. The van der Waals surface area contributed by atoms with Crippen LogP contribution in [0.15, 0.2) is 54.1 Å². The second kappa shape index (κ2) is 9.89. The van der Waals surface area contributed by atoms with Crippen molar-refractivity contribution in [3.05, 3.63) is 75.5 Å². The zero-order valence-electron chi connectivity index (χ0n) is 18.3. The summed E-state index contributed by atoms with van der Waals surface area (Å²) >= 11 is 12.1. The number of hydrogen-bond acceptors (Lipinski definition) is 4. The largest absolute Gasteiger partial charge is 0.395 e. The van der Waals surface area contributed by atoms with Crippen molar-refractivity contribution >= 4 is 34.8 Å². The number of allylic oxidation sites excluding steroid dienone is 1. The zero-order valence-corrected chi connectivity index (χ0v) is 19.8. The third-order valence-electron chi connectivity index (χ3n) is 6.17. The minimum absolute atomic E-state index is 0.0457. The number of amides is 1. The number of anilines is 1. The number of halogens is 3. The molecule has 0 aliphatic carbocycles. The lowest BCUT2D eigenvalue weighted by atomic mass is 9.77. The van der Waals surface area contributed by atoms with E-state index in [1.54, 1.807) is 43.3 Å². The van der Waals surface area contributed by atoms with Crippen molar-refractivity contribution in [3.63, 3.8) is 0 Å². The Kier molecular flexibility index (Phi) is 7.63. The molecule has 0 saturated carbocycles. The van der Waals surface area contributed by atoms with Gasteiger partial charge in [-0.2, -0.15) is 0 Å². The maximum absolute atomic E-state index is 15.2. The molecule has 0 bridgehead atoms. The summed E-state index contributed by atoms with van der Waals surface area (Å²) < 4.78 is 15.2. The molecular weight excluding hydrogens is 452 g/mol. The highest BCUT2D eigenvalue weighted by Crippen LogP contribution is 2.47. The van der Waals surface area contributed by atoms with Crippen molar-refractivity contribution in [2.75, 3.05) is 18.5 Å². The number of aliphatic hydroxyl groups excluding tert-OH is 1. The number of carbonyl (C=O) groups is 1. The number of carbonyl (C=O) groups excluding carboxylic acids is 1. The Morgan fingerprint density at radius 3 is 2.59 bits per heavy atom. The Morgan fingerprint density at radius 1 is 1.28 bits per heavy atom. The quantitative estimate of drug-likeness (QED) is 0.529. The van der Waals surface area contributed by atoms with E-state index in [0.29, 0.717) is 17.3 Å². The summed E-state index contributed by atoms with van der Waals surface area (Å²) in [6, 6.07) is 10.2. The Labute approximate surface area is 198 Å². The van der Waals surface area contributed by atoms with E-state index in [2.05, 4.69) is 5.32 Å². The average Bonchev–Trinajstić information content (AvgIpc) is 2.95. The first-order valence-electron chi connectivity index (χ1n) is 10.4. The van der Waals surface area contributed by atoms with Crippen molar-refractivity contribution < 1.29 is 14.3 Å². The molecule has 2 aromatic rings. The summed E-state index contributed by atoms with van der Waals surface area (Å²) in [6.07, 6.45) is 1.96. The highest BCUT2D eigenvalue weighted by molar-refractivity contribution is 6.31. The van der Waals surface area contributed by atoms with Gasteiger partial charge in [0.1, 0.15) is 11.4 Å². The molecule has 0 radical (unpaired) electrons. The topological polar surface area (TPSA) is 78.6 Å². The van der Waals surface area contributed by atoms with Gasteiger partial charge < -0.3 is 16.2 Å². The molecule has 1 aliphatic heterocycles. The fourth-order valence-corrected chi connectivity index (χ4v) is 4.89. The van der Waals surface area contributed by atoms with Crippen LogP contribution in [0.3, 0.4) is 0 Å². The molecule has 4 N–H and O–H groups in total. The molecule has 1 fully saturated rings. The highest BCUT2D eigenvalue weighted by atomic mass is 35.5. The van der Waals surface area contributed by atoms with Gasteiger partial charge in [-0.1, -0.05) is 53.1 Å². The number of benzene rings is 2. The first-order valence-corrected chi connectivity index (χ1v) is 11.1. The average molecular weight is 480 g/mol. The number of rotatable bonds is 6. The third kappa shape index (κ3) is 4.56. The standard InChI is InChI=1S/C24H28Cl2FN3O2/c1-14(2)10-11-30-19(13-31)22(28)20(17-8-5-9-18(26)21(17)27)24(30,3)23(32)29-16-7-4-6-15(25)12-16/h4-10,12,19-20,22,31H,11,13,28H2,1-3H3,(H,29,32)/t19-,20-,22+,24+/m0/s1. The van der Waals surface area contributed by atoms with Crippen molar-refractivity contribution in [1.29, 1.82) is 0 Å². The summed E-state index contributed by atoms with van der Waals surface area (Å²) in [7, 11) is 0. The van der Waals surface area contributed by atoms with Gasteiger partial charge in [-0.15, -0.1) is 0 Å². The number of nitrogens with one attached hydrogen (secondary N) is 1. The fourth-order valence-electron chi connectivity index (χ4n) is 4.52. The van der Waals surface area contributed by atoms with Crippen LogP contribution in [-0.4, -0.2) is 46.7 Å². The molecule has 172 valence electrons. The van der Waals surface area contributed by atoms with Crippen LogP contribution in [0.1, 0.15) is 32.3 Å². The van der Waals surface area contributed by atoms with E-state index >= 15 is 4.39 Å². The minimum Gasteiger partial charge on any atom is -0.395 e. The van der Waals surface area contributed by atoms with Crippen molar-refractivity contribution in [2.24, 2.45) is 5.73 Å². The molecule has 1 heterocycles. The lowest BCUT2D eigenvalue weighted by Gasteiger charge is -2.39. The normalized spacial score (nSPS) is 25.6. The summed E-state index contributed by atoms with van der Waals surface area (Å²) in [4.78, 5) is 15.6. The molecule has 2 aromatic carbocycles. The first-order chi connectivity index (χ1) is 15.1. The van der Waals surface area contributed by atoms with E-state index < -0.39 is 29.4 Å². The Balaban J connectivity index is 2.15. The van der Waals surface area contributed by atoms with Crippen LogP contribution in [0.5, 0.6) is 0 Å². The number of nitrogens with zero attached hydrogens (tertiary/aromatic N) is 1. The molecule has 4 atom stereocenters. The molecule has 0 unspecified atom stereocenters. The van der Waals surface area contributed by atoms with Crippen LogP contribution in [-0.2, 0) is 4.79 Å². The number of likely N-dealkylation sites (tertiary alicyclic amines) is 1. The summed E-state index contributed by atoms with van der Waals surface area (Å²) in [5, 5.41) is 13.5. The molecule has 1 saturated heterocycles. The third-order valence-corrected chi connectivity index (χ3v) is 6.70. The fraction of sp³-hybridized carbons (Fsp3) is 0.375. The molecular formula is C24H28Cl2FN3O2. The maximum Gasteiger partial charge on any atom is 0.245 e. The zero-order chi connectivity index (χ0) is 23.6. The van der Waals surface area contributed by atoms with E-state index in [9.17, 15) is 9.90 Å². The number of nitrogens with two attached hydrogens (primary N) is 1. The maximum atomic E-state index is 15.2. The van der Waals surface area contributed by atoms with Crippen molar-refractivity contribution in [1.82, 2.24) is 4.90 Å². The van der Waals surface area contributed by atoms with E-state index in [0.717, 1.165) is 5.57 Å². The molecule has 1 aliphatic rings. The van der Waals surface area contributed by atoms with Gasteiger partial charge in [-0.05, 0) is 50.6 Å². The summed E-state index contributed by atoms with van der Waals surface area (Å²) in [5.41, 5.74) is 7.09. The molecule has 32 heavy (non-hydrogen) atoms. The van der Waals surface area contributed by atoms with Crippen molar-refractivity contribution in [2.45, 2.75) is 44.3 Å². The molecule has 0 aromatic heterocycles. The summed E-state index contributed by atoms with van der Waals surface area (Å²) in [5.74, 6) is -1.75. The second-order valence-electron chi connectivity index (χ2n) is 8.49. The van der Waals surface area contributed by atoms with E-state index in [1.165, 1.54) is 6.07 Å². The van der Waals surface area contributed by atoms with Gasteiger partial charge in [0.25, 0.3) is 0 Å². The van der Waals surface area contributed by atoms with Gasteiger partial charge in [0.15, 0.2) is 0 Å². The highest BCUT2D eigenvalue weighted by Gasteiger charge is 2.59. The Bertz CT molecular complexity index is 1030. The second-order valence-corrected chi connectivity index (χ2v) is 9.34. The van der Waals surface area contributed by atoms with Gasteiger partial charge >= 0.3 is 0 Å². The molecule has 3 rings (SSSR count). The SMILES string of the molecule is CC(C)=CCN1[C@@H](CO)[C@@H](N)[C@H](c2cccc(Cl)c2F)[C@]1(C)C(=O)Nc1cccc(Cl)c1. The van der Waals surface area contributed by atoms with E-state index in [-0.39, 0.29) is 23.1 Å². The predicted octanol–water partition coefficient (Wildman–Crippen LogP) is 4.58. The van der Waals surface area contributed by atoms with Crippen LogP contribution >= 0.6 is 23.2 Å². The molecule has 1 amide bonds. The number of aliphatic hydroxyl groups is 1. The number of hydrogen-bond donors (Lipinski definition) is 3. The lowest BCUT2D eigenvalue weighted by molar-refractivity contribution is -0.127. The molecule has 8 heteroatoms. The molecule has 0 spiro atoms. The van der Waals surface area contributed by atoms with Gasteiger partial charge in [-0.3, -0.25) is 9.69 Å². The summed E-state index contributed by atoms with van der Waals surface area (Å²) in [6.45, 7) is 5.70. The monoisotopic (exact) mass is 479 g/mol. The lowest BCUT2D eigenvalue weighted by Crippen LogP contribution is -2.56. The van der Waals surface area contributed by atoms with E-state index in [4.69, 9.17) is 28.9 Å². The Hall–Kier alpha value is -1.96. The van der Waals surface area contributed by atoms with Crippen LogP contribution in [0.25, 0.3) is 0 Å². The van der Waals surface area contributed by atoms with Gasteiger partial charge in [0.2, 0.25) is 5.91 Å². The van der Waals surface area contributed by atoms with Crippen LogP contribution in [0.2, 0.25) is 10.0 Å². The predicted molar refractivity (Wildman–Crippen MR) is 128 cm³/mol. The van der Waals surface area contributed by atoms with Crippen molar-refractivity contribution in [3.8, 4) is 0 Å². The van der Waals surface area contributed by atoms with Crippen LogP contribution in [0.4, 0.5) is 10.1 Å². The van der Waals surface area contributed by atoms with E-state index in [1.807, 2.05) is 24.8 Å². The van der Waals surface area contributed by atoms with Crippen LogP contribution < -0.4 is 11.1 Å². The Morgan fingerprint density at radius 2 is 1.97 bits per heavy atom. The minimum atomic E-state index is -1.29.